The Hall–Kier alpha value is -0.950. The van der Waals surface area contributed by atoms with Gasteiger partial charge in [-0.3, -0.25) is 0 Å². The Labute approximate surface area is 112 Å². The molecular weight excluding hydrogens is 270 g/mol. The molecule has 1 saturated carbocycles. The van der Waals surface area contributed by atoms with E-state index in [1.54, 1.807) is 6.20 Å². The maximum atomic E-state index is 11.6. The number of nitrogens with two attached hydrogens (primary N) is 1. The van der Waals surface area contributed by atoms with Gasteiger partial charge in [0.1, 0.15) is 14.8 Å². The van der Waals surface area contributed by atoms with E-state index in [-0.39, 0.29) is 16.3 Å². The minimum atomic E-state index is -2.98. The van der Waals surface area contributed by atoms with Gasteiger partial charge in [-0.2, -0.15) is 0 Å². The van der Waals surface area contributed by atoms with Crippen molar-refractivity contribution in [2.75, 3.05) is 6.26 Å². The third kappa shape index (κ3) is 2.72. The van der Waals surface area contributed by atoms with Crippen LogP contribution in [0.2, 0.25) is 0 Å². The van der Waals surface area contributed by atoms with Gasteiger partial charge in [-0.15, -0.1) is 0 Å². The van der Waals surface area contributed by atoms with E-state index in [9.17, 15) is 8.42 Å². The molecule has 100 valence electrons. The van der Waals surface area contributed by atoms with Crippen molar-refractivity contribution in [2.24, 2.45) is 5.73 Å². The molecule has 1 aromatic rings. The first kappa shape index (κ1) is 13.5. The van der Waals surface area contributed by atoms with Crippen molar-refractivity contribution in [3.63, 3.8) is 0 Å². The molecule has 18 heavy (non-hydrogen) atoms. The highest BCUT2D eigenvalue weighted by Gasteiger charge is 2.30. The highest BCUT2D eigenvalue weighted by atomic mass is 32.2. The molecule has 1 aliphatic rings. The van der Waals surface area contributed by atoms with Crippen LogP contribution in [0.5, 0.6) is 0 Å². The van der Waals surface area contributed by atoms with Crippen LogP contribution < -0.4 is 5.73 Å². The van der Waals surface area contributed by atoms with Gasteiger partial charge in [-0.05, 0) is 19.3 Å². The molecule has 1 fully saturated rings. The third-order valence-corrected chi connectivity index (χ3v) is 5.31. The highest BCUT2D eigenvalue weighted by molar-refractivity contribution is 7.91. The Morgan fingerprint density at radius 1 is 1.56 bits per heavy atom. The lowest BCUT2D eigenvalue weighted by Gasteiger charge is -2.29. The first-order valence-electron chi connectivity index (χ1n) is 5.91. The lowest BCUT2D eigenvalue weighted by atomic mass is 9.94. The van der Waals surface area contributed by atoms with Crippen LogP contribution in [0.3, 0.4) is 0 Å². The fourth-order valence-corrected chi connectivity index (χ4v) is 3.89. The van der Waals surface area contributed by atoms with Crippen LogP contribution in [0.15, 0.2) is 12.4 Å². The van der Waals surface area contributed by atoms with Crippen LogP contribution in [-0.4, -0.2) is 34.5 Å². The molecule has 1 aliphatic carbocycles. The molecule has 0 aliphatic heterocycles. The number of rotatable bonds is 3. The number of hydrogen-bond donors (Lipinski definition) is 1. The fourth-order valence-electron chi connectivity index (χ4n) is 2.56. The Morgan fingerprint density at radius 3 is 2.89 bits per heavy atom. The van der Waals surface area contributed by atoms with Crippen molar-refractivity contribution < 1.29 is 8.42 Å². The third-order valence-electron chi connectivity index (χ3n) is 3.49. The molecule has 0 saturated heterocycles. The standard InChI is InChI=1S/C11H17N3O2S2/c1-18(15,16)9-4-2-3-8(7-9)14-6-5-13-11(14)10(12)17/h5-6,8-9H,2-4,7H2,1H3,(H2,12,17). The van der Waals surface area contributed by atoms with E-state index in [4.69, 9.17) is 18.0 Å². The van der Waals surface area contributed by atoms with Gasteiger partial charge in [-0.1, -0.05) is 18.6 Å². The molecule has 0 spiro atoms. The number of thiocarbonyl (C=S) groups is 1. The molecule has 1 aromatic heterocycles. The minimum Gasteiger partial charge on any atom is -0.387 e. The summed E-state index contributed by atoms with van der Waals surface area (Å²) in [6.45, 7) is 0. The Morgan fingerprint density at radius 2 is 2.28 bits per heavy atom. The predicted molar refractivity (Wildman–Crippen MR) is 74.3 cm³/mol. The van der Waals surface area contributed by atoms with Crippen LogP contribution in [0.1, 0.15) is 37.5 Å². The van der Waals surface area contributed by atoms with E-state index in [2.05, 4.69) is 4.98 Å². The van der Waals surface area contributed by atoms with Gasteiger partial charge < -0.3 is 10.3 Å². The summed E-state index contributed by atoms with van der Waals surface area (Å²) in [5.74, 6) is 0.573. The van der Waals surface area contributed by atoms with Crippen LogP contribution in [0, 0.1) is 0 Å². The van der Waals surface area contributed by atoms with Crippen LogP contribution in [0.4, 0.5) is 0 Å². The molecule has 2 atom stereocenters. The normalized spacial score (nSPS) is 24.9. The van der Waals surface area contributed by atoms with Crippen LogP contribution in [0.25, 0.3) is 0 Å². The quantitative estimate of drug-likeness (QED) is 0.841. The molecule has 0 radical (unpaired) electrons. The van der Waals surface area contributed by atoms with E-state index in [1.807, 2.05) is 10.8 Å². The minimum absolute atomic E-state index is 0.123. The van der Waals surface area contributed by atoms with Crippen molar-refractivity contribution in [3.05, 3.63) is 18.2 Å². The largest absolute Gasteiger partial charge is 0.387 e. The molecule has 0 amide bonds. The summed E-state index contributed by atoms with van der Waals surface area (Å²) in [6.07, 6.45) is 7.98. The maximum Gasteiger partial charge on any atom is 0.167 e. The first-order valence-corrected chi connectivity index (χ1v) is 8.27. The molecule has 0 aromatic carbocycles. The Bertz CT molecular complexity index is 550. The molecule has 0 bridgehead atoms. The first-order chi connectivity index (χ1) is 8.39. The lowest BCUT2D eigenvalue weighted by molar-refractivity contribution is 0.351. The fraction of sp³-hybridized carbons (Fsp3) is 0.636. The second-order valence-electron chi connectivity index (χ2n) is 4.79. The maximum absolute atomic E-state index is 11.6. The average Bonchev–Trinajstić information content (AvgIpc) is 2.77. The predicted octanol–water partition coefficient (Wildman–Crippen LogP) is 1.05. The zero-order valence-corrected chi connectivity index (χ0v) is 11.9. The van der Waals surface area contributed by atoms with Crippen molar-refractivity contribution in [1.29, 1.82) is 0 Å². The summed E-state index contributed by atoms with van der Waals surface area (Å²) in [5.41, 5.74) is 5.62. The van der Waals surface area contributed by atoms with E-state index < -0.39 is 9.84 Å². The monoisotopic (exact) mass is 287 g/mol. The summed E-state index contributed by atoms with van der Waals surface area (Å²) in [5, 5.41) is -0.266. The number of sulfone groups is 1. The molecular formula is C11H17N3O2S2. The molecule has 2 rings (SSSR count). The van der Waals surface area contributed by atoms with Crippen molar-refractivity contribution in [3.8, 4) is 0 Å². The smallest absolute Gasteiger partial charge is 0.167 e. The van der Waals surface area contributed by atoms with E-state index in [1.165, 1.54) is 6.26 Å². The summed E-state index contributed by atoms with van der Waals surface area (Å²) in [7, 11) is -2.98. The molecule has 2 unspecified atom stereocenters. The summed E-state index contributed by atoms with van der Waals surface area (Å²) in [6, 6.07) is 0.123. The molecule has 7 heteroatoms. The zero-order chi connectivity index (χ0) is 13.3. The number of hydrogen-bond acceptors (Lipinski definition) is 4. The second kappa shape index (κ2) is 4.97. The van der Waals surface area contributed by atoms with Gasteiger partial charge in [-0.25, -0.2) is 13.4 Å². The van der Waals surface area contributed by atoms with E-state index >= 15 is 0 Å². The van der Waals surface area contributed by atoms with Gasteiger partial charge >= 0.3 is 0 Å². The van der Waals surface area contributed by atoms with Crippen molar-refractivity contribution in [1.82, 2.24) is 9.55 Å². The van der Waals surface area contributed by atoms with Gasteiger partial charge in [0.05, 0.1) is 5.25 Å². The Kier molecular flexibility index (Phi) is 3.72. The number of imidazole rings is 1. The SMILES string of the molecule is CS(=O)(=O)C1CCCC(n2ccnc2C(N)=S)C1. The average molecular weight is 287 g/mol. The number of nitrogens with zero attached hydrogens (tertiary/aromatic N) is 2. The van der Waals surface area contributed by atoms with Crippen LogP contribution >= 0.6 is 12.2 Å². The van der Waals surface area contributed by atoms with Gasteiger partial charge in [0.25, 0.3) is 0 Å². The molecule has 5 nitrogen and oxygen atoms in total. The van der Waals surface area contributed by atoms with E-state index in [0.29, 0.717) is 12.2 Å². The van der Waals surface area contributed by atoms with Gasteiger partial charge in [0, 0.05) is 24.7 Å². The van der Waals surface area contributed by atoms with Crippen molar-refractivity contribution >= 4 is 27.0 Å². The topological polar surface area (TPSA) is 78.0 Å². The highest BCUT2D eigenvalue weighted by Crippen LogP contribution is 2.32. The van der Waals surface area contributed by atoms with E-state index in [0.717, 1.165) is 19.3 Å². The van der Waals surface area contributed by atoms with Crippen LogP contribution in [-0.2, 0) is 9.84 Å². The van der Waals surface area contributed by atoms with Gasteiger partial charge in [0.15, 0.2) is 5.82 Å². The molecule has 2 N–H and O–H groups in total. The zero-order valence-electron chi connectivity index (χ0n) is 10.2. The second-order valence-corrected chi connectivity index (χ2v) is 7.56. The number of aromatic nitrogens is 2. The summed E-state index contributed by atoms with van der Waals surface area (Å²) >= 11 is 4.95. The summed E-state index contributed by atoms with van der Waals surface area (Å²) < 4.78 is 25.2. The Balaban J connectivity index is 2.24. The van der Waals surface area contributed by atoms with Crippen molar-refractivity contribution in [2.45, 2.75) is 37.0 Å². The van der Waals surface area contributed by atoms with Gasteiger partial charge in [0.2, 0.25) is 0 Å². The summed E-state index contributed by atoms with van der Waals surface area (Å²) in [4.78, 5) is 4.38. The molecule has 1 heterocycles. The lowest BCUT2D eigenvalue weighted by Crippen LogP contribution is -2.30.